The predicted octanol–water partition coefficient (Wildman–Crippen LogP) is 2.85. The summed E-state index contributed by atoms with van der Waals surface area (Å²) in [6.07, 6.45) is 0. The molecule has 0 radical (unpaired) electrons. The fraction of sp³-hybridized carbons (Fsp3) is 0.0526. The summed E-state index contributed by atoms with van der Waals surface area (Å²) in [6.45, 7) is 0. The molecule has 2 aromatic carbocycles. The summed E-state index contributed by atoms with van der Waals surface area (Å²) in [7, 11) is -2.23. The number of benzene rings is 2. The topological polar surface area (TPSA) is 102 Å². The zero-order valence-electron chi connectivity index (χ0n) is 14.5. The van der Waals surface area contributed by atoms with Crippen LogP contribution in [0.15, 0.2) is 76.5 Å². The quantitative estimate of drug-likeness (QED) is 0.565. The minimum Gasteiger partial charge on any atom is -0.384 e. The zero-order valence-corrected chi connectivity index (χ0v) is 15.3. The average molecular weight is 379 g/mol. The van der Waals surface area contributed by atoms with Gasteiger partial charge in [-0.2, -0.15) is 4.52 Å². The summed E-state index contributed by atoms with van der Waals surface area (Å²) < 4.78 is 27.9. The van der Waals surface area contributed by atoms with Gasteiger partial charge in [-0.05, 0) is 12.1 Å². The molecule has 0 fully saturated rings. The maximum Gasteiger partial charge on any atom is 0.214 e. The first kappa shape index (κ1) is 17.0. The number of rotatable bonds is 4. The molecule has 0 aliphatic heterocycles. The Kier molecular flexibility index (Phi) is 4.04. The molecule has 2 aromatic heterocycles. The number of nitrogens with one attached hydrogen (secondary N) is 1. The van der Waals surface area contributed by atoms with Crippen LogP contribution in [0.1, 0.15) is 0 Å². The Bertz CT molecular complexity index is 1220. The molecule has 0 spiro atoms. The Hall–Kier alpha value is -3.39. The van der Waals surface area contributed by atoms with Gasteiger partial charge in [-0.25, -0.2) is 13.4 Å². The molecule has 8 heteroatoms. The molecule has 2 heterocycles. The van der Waals surface area contributed by atoms with Crippen molar-refractivity contribution in [3.05, 3.63) is 66.7 Å². The number of hydrogen-bond acceptors (Lipinski definition) is 6. The van der Waals surface area contributed by atoms with Crippen LogP contribution >= 0.6 is 0 Å². The number of sulfone groups is 1. The molecule has 136 valence electrons. The van der Waals surface area contributed by atoms with Crippen LogP contribution in [0.5, 0.6) is 0 Å². The van der Waals surface area contributed by atoms with Crippen molar-refractivity contribution < 1.29 is 8.42 Å². The molecule has 0 aliphatic carbocycles. The van der Waals surface area contributed by atoms with Crippen LogP contribution in [0.4, 0.5) is 11.6 Å². The molecule has 0 aliphatic rings. The SMILES string of the molecule is CNc1nn2c(N)cc(-c3ccccc3)nc2c1S(=O)(=O)c1ccccc1. The Morgan fingerprint density at radius 2 is 1.63 bits per heavy atom. The van der Waals surface area contributed by atoms with Crippen LogP contribution in [0.25, 0.3) is 16.9 Å². The molecule has 0 amide bonds. The summed E-state index contributed by atoms with van der Waals surface area (Å²) in [6, 6.07) is 19.3. The number of nitrogens with two attached hydrogens (primary N) is 1. The molecule has 27 heavy (non-hydrogen) atoms. The lowest BCUT2D eigenvalue weighted by molar-refractivity contribution is 0.597. The van der Waals surface area contributed by atoms with Crippen LogP contribution in [0, 0.1) is 0 Å². The van der Waals surface area contributed by atoms with E-state index in [9.17, 15) is 8.42 Å². The Labute approximate surface area is 156 Å². The summed E-state index contributed by atoms with van der Waals surface area (Å²) in [5.41, 5.74) is 7.75. The van der Waals surface area contributed by atoms with Crippen LogP contribution in [0.2, 0.25) is 0 Å². The van der Waals surface area contributed by atoms with Gasteiger partial charge in [0.25, 0.3) is 0 Å². The molecule has 4 rings (SSSR count). The van der Waals surface area contributed by atoms with Gasteiger partial charge in [-0.1, -0.05) is 48.5 Å². The second-order valence-corrected chi connectivity index (χ2v) is 7.80. The Morgan fingerprint density at radius 3 is 2.26 bits per heavy atom. The smallest absolute Gasteiger partial charge is 0.214 e. The standard InChI is InChI=1S/C19H17N5O2S/c1-21-18-17(27(25,26)14-10-6-3-7-11-14)19-22-15(12-16(20)24(19)23-18)13-8-4-2-5-9-13/h2-12H,20H2,1H3,(H,21,23). The Morgan fingerprint density at radius 1 is 1.00 bits per heavy atom. The largest absolute Gasteiger partial charge is 0.384 e. The Balaban J connectivity index is 2.04. The highest BCUT2D eigenvalue weighted by Crippen LogP contribution is 2.32. The fourth-order valence-electron chi connectivity index (χ4n) is 2.91. The number of nitrogens with zero attached hydrogens (tertiary/aromatic N) is 3. The lowest BCUT2D eigenvalue weighted by Crippen LogP contribution is -2.06. The summed E-state index contributed by atoms with van der Waals surface area (Å²) in [5, 5.41) is 7.14. The molecule has 3 N–H and O–H groups in total. The number of anilines is 2. The van der Waals surface area contributed by atoms with E-state index in [4.69, 9.17) is 5.73 Å². The van der Waals surface area contributed by atoms with Gasteiger partial charge in [-0.3, -0.25) is 0 Å². The van der Waals surface area contributed by atoms with Gasteiger partial charge in [0.15, 0.2) is 16.4 Å². The van der Waals surface area contributed by atoms with E-state index in [1.165, 1.54) is 4.52 Å². The predicted molar refractivity (Wildman–Crippen MR) is 104 cm³/mol. The second-order valence-electron chi connectivity index (χ2n) is 5.91. The van der Waals surface area contributed by atoms with Crippen molar-refractivity contribution in [1.82, 2.24) is 14.6 Å². The van der Waals surface area contributed by atoms with Crippen LogP contribution in [-0.4, -0.2) is 30.1 Å². The van der Waals surface area contributed by atoms with Gasteiger partial charge in [0, 0.05) is 18.7 Å². The van der Waals surface area contributed by atoms with Gasteiger partial charge in [0.1, 0.15) is 5.82 Å². The number of nitrogen functional groups attached to an aromatic ring is 1. The minimum atomic E-state index is -3.84. The third-order valence-corrected chi connectivity index (χ3v) is 6.01. The van der Waals surface area contributed by atoms with Crippen molar-refractivity contribution in [2.24, 2.45) is 0 Å². The molecule has 0 atom stereocenters. The molecule has 7 nitrogen and oxygen atoms in total. The van der Waals surface area contributed by atoms with Crippen molar-refractivity contribution >= 4 is 27.1 Å². The third-order valence-electron chi connectivity index (χ3n) is 4.20. The first-order chi connectivity index (χ1) is 13.0. The van der Waals surface area contributed by atoms with E-state index < -0.39 is 9.84 Å². The molecule has 4 aromatic rings. The minimum absolute atomic E-state index is 0.000631. The van der Waals surface area contributed by atoms with Gasteiger partial charge >= 0.3 is 0 Å². The van der Waals surface area contributed by atoms with Gasteiger partial charge in [0.2, 0.25) is 9.84 Å². The first-order valence-corrected chi connectivity index (χ1v) is 9.73. The normalized spacial score (nSPS) is 11.6. The van der Waals surface area contributed by atoms with Gasteiger partial charge in [0.05, 0.1) is 10.6 Å². The first-order valence-electron chi connectivity index (χ1n) is 8.25. The van der Waals surface area contributed by atoms with Crippen molar-refractivity contribution in [3.63, 3.8) is 0 Å². The maximum absolute atomic E-state index is 13.3. The zero-order chi connectivity index (χ0) is 19.0. The second kappa shape index (κ2) is 6.40. The highest BCUT2D eigenvalue weighted by atomic mass is 32.2. The van der Waals surface area contributed by atoms with E-state index in [-0.39, 0.29) is 21.3 Å². The van der Waals surface area contributed by atoms with Gasteiger partial charge in [-0.15, -0.1) is 5.10 Å². The molecular weight excluding hydrogens is 362 g/mol. The summed E-state index contributed by atoms with van der Waals surface area (Å²) in [5.74, 6) is 0.494. The van der Waals surface area contributed by atoms with Crippen LogP contribution in [0.3, 0.4) is 0 Å². The van der Waals surface area contributed by atoms with Crippen LogP contribution in [-0.2, 0) is 9.84 Å². The summed E-state index contributed by atoms with van der Waals surface area (Å²) >= 11 is 0. The number of fused-ring (bicyclic) bond motifs is 1. The monoisotopic (exact) mass is 379 g/mol. The van der Waals surface area contributed by atoms with E-state index in [0.29, 0.717) is 11.5 Å². The van der Waals surface area contributed by atoms with Crippen molar-refractivity contribution in [3.8, 4) is 11.3 Å². The molecule has 0 saturated carbocycles. The number of hydrogen-bond donors (Lipinski definition) is 2. The molecule has 0 bridgehead atoms. The van der Waals surface area contributed by atoms with E-state index in [1.807, 2.05) is 30.3 Å². The third kappa shape index (κ3) is 2.80. The maximum atomic E-state index is 13.3. The highest BCUT2D eigenvalue weighted by molar-refractivity contribution is 7.91. The van der Waals surface area contributed by atoms with Crippen molar-refractivity contribution in [2.75, 3.05) is 18.1 Å². The number of aromatic nitrogens is 3. The van der Waals surface area contributed by atoms with E-state index in [1.54, 1.807) is 43.4 Å². The lowest BCUT2D eigenvalue weighted by Gasteiger charge is -2.07. The van der Waals surface area contributed by atoms with Crippen molar-refractivity contribution in [2.45, 2.75) is 9.79 Å². The average Bonchev–Trinajstić information content (AvgIpc) is 3.09. The van der Waals surface area contributed by atoms with Gasteiger partial charge < -0.3 is 11.1 Å². The fourth-order valence-corrected chi connectivity index (χ4v) is 4.43. The van der Waals surface area contributed by atoms with E-state index in [0.717, 1.165) is 5.56 Å². The summed E-state index contributed by atoms with van der Waals surface area (Å²) in [4.78, 5) is 4.74. The highest BCUT2D eigenvalue weighted by Gasteiger charge is 2.29. The lowest BCUT2D eigenvalue weighted by atomic mass is 10.1. The molecular formula is C19H17N5O2S. The van der Waals surface area contributed by atoms with Crippen LogP contribution < -0.4 is 11.1 Å². The molecule has 0 unspecified atom stereocenters. The molecule has 0 saturated heterocycles. The van der Waals surface area contributed by atoms with E-state index in [2.05, 4.69) is 15.4 Å². The van der Waals surface area contributed by atoms with E-state index >= 15 is 0 Å². The van der Waals surface area contributed by atoms with Crippen molar-refractivity contribution in [1.29, 1.82) is 0 Å².